The van der Waals surface area contributed by atoms with Crippen LogP contribution in [0.15, 0.2) is 18.2 Å². The highest BCUT2D eigenvalue weighted by Gasteiger charge is 2.08. The van der Waals surface area contributed by atoms with E-state index in [1.54, 1.807) is 5.38 Å². The van der Waals surface area contributed by atoms with Gasteiger partial charge in [-0.05, 0) is 0 Å². The molecule has 15 heavy (non-hydrogen) atoms. The maximum atomic E-state index is 10.9. The maximum Gasteiger partial charge on any atom is 0.438 e. The lowest BCUT2D eigenvalue weighted by atomic mass is 10.4. The van der Waals surface area contributed by atoms with Crippen LogP contribution in [0.4, 0.5) is 9.93 Å². The van der Waals surface area contributed by atoms with E-state index in [4.69, 9.17) is 15.7 Å². The van der Waals surface area contributed by atoms with Crippen molar-refractivity contribution >= 4 is 22.6 Å². The fourth-order valence-electron chi connectivity index (χ4n) is 0.821. The summed E-state index contributed by atoms with van der Waals surface area (Å²) in [6, 6.07) is 0. The molecule has 0 radical (unpaired) electrons. The van der Waals surface area contributed by atoms with Crippen molar-refractivity contribution in [1.82, 2.24) is 10.0 Å². The molecule has 0 unspecified atom stereocenters. The molecular weight excluding hydrogens is 218 g/mol. The number of thiazole rings is 1. The number of nitrogen functional groups attached to an aromatic ring is 1. The van der Waals surface area contributed by atoms with Gasteiger partial charge >= 0.3 is 6.09 Å². The number of hydrogen-bond donors (Lipinski definition) is 2. The van der Waals surface area contributed by atoms with Crippen LogP contribution in [0.5, 0.6) is 0 Å². The summed E-state index contributed by atoms with van der Waals surface area (Å²) in [5, 5.41) is 11.4. The second kappa shape index (κ2) is 5.32. The van der Waals surface area contributed by atoms with Crippen molar-refractivity contribution in [3.63, 3.8) is 0 Å². The van der Waals surface area contributed by atoms with Crippen LogP contribution < -0.4 is 5.73 Å². The average molecular weight is 229 g/mol. The molecule has 0 aliphatic heterocycles. The Kier molecular flexibility index (Phi) is 4.07. The second-order valence-electron chi connectivity index (χ2n) is 2.57. The Morgan fingerprint density at radius 1 is 1.87 bits per heavy atom. The number of aromatic nitrogens is 1. The summed E-state index contributed by atoms with van der Waals surface area (Å²) in [6.45, 7) is 3.33. The number of nitrogens with two attached hydrogens (primary N) is 1. The molecule has 82 valence electrons. The summed E-state index contributed by atoms with van der Waals surface area (Å²) >= 11 is 1.32. The van der Waals surface area contributed by atoms with Gasteiger partial charge in [0.15, 0.2) is 5.13 Å². The van der Waals surface area contributed by atoms with Crippen molar-refractivity contribution in [2.45, 2.75) is 6.42 Å². The fourth-order valence-corrected chi connectivity index (χ4v) is 1.42. The molecule has 1 rings (SSSR count). The molecule has 1 aromatic heterocycles. The lowest BCUT2D eigenvalue weighted by Crippen LogP contribution is -2.23. The molecule has 6 nitrogen and oxygen atoms in total. The molecule has 1 amide bonds. The molecule has 1 aromatic rings. The summed E-state index contributed by atoms with van der Waals surface area (Å²) in [4.78, 5) is 14.9. The molecule has 0 atom stereocenters. The molecule has 3 N–H and O–H groups in total. The lowest BCUT2D eigenvalue weighted by Gasteiger charge is -2.08. The van der Waals surface area contributed by atoms with E-state index in [2.05, 4.69) is 11.6 Å². The molecule has 0 spiro atoms. The van der Waals surface area contributed by atoms with Crippen LogP contribution in [-0.2, 0) is 11.2 Å². The van der Waals surface area contributed by atoms with Gasteiger partial charge in [-0.25, -0.2) is 9.78 Å². The van der Waals surface area contributed by atoms with Gasteiger partial charge in [-0.15, -0.1) is 11.3 Å². The van der Waals surface area contributed by atoms with Gasteiger partial charge in [0.25, 0.3) is 0 Å². The van der Waals surface area contributed by atoms with Gasteiger partial charge < -0.3 is 10.5 Å². The minimum Gasteiger partial charge on any atom is -0.447 e. The number of hydrogen-bond acceptors (Lipinski definition) is 6. The van der Waals surface area contributed by atoms with E-state index in [0.717, 1.165) is 11.9 Å². The first kappa shape index (κ1) is 11.5. The van der Waals surface area contributed by atoms with Crippen LogP contribution in [0.3, 0.4) is 0 Å². The van der Waals surface area contributed by atoms with E-state index in [0.29, 0.717) is 11.6 Å². The first-order valence-corrected chi connectivity index (χ1v) is 4.98. The summed E-state index contributed by atoms with van der Waals surface area (Å²) in [6.07, 6.45) is 0.543. The highest BCUT2D eigenvalue weighted by atomic mass is 32.1. The summed E-state index contributed by atoms with van der Waals surface area (Å²) in [7, 11) is 0. The average Bonchev–Trinajstić information content (AvgIpc) is 2.63. The van der Waals surface area contributed by atoms with Gasteiger partial charge in [0.2, 0.25) is 0 Å². The number of rotatable bonds is 4. The molecule has 0 bridgehead atoms. The predicted octanol–water partition coefficient (Wildman–Crippen LogP) is 1.24. The zero-order valence-electron chi connectivity index (χ0n) is 7.92. The van der Waals surface area contributed by atoms with E-state index < -0.39 is 6.09 Å². The standard InChI is InChI=1S/C8H11N3O3S/c1-2-11(13)8(12)14-4-3-6-5-15-7(9)10-6/h2,5,13H,1,3-4H2,(H2,9,10). The van der Waals surface area contributed by atoms with E-state index in [9.17, 15) is 4.79 Å². The van der Waals surface area contributed by atoms with Gasteiger partial charge in [0, 0.05) is 18.0 Å². The van der Waals surface area contributed by atoms with Crippen molar-refractivity contribution in [2.75, 3.05) is 12.3 Å². The molecule has 0 saturated heterocycles. The van der Waals surface area contributed by atoms with E-state index in [1.807, 2.05) is 0 Å². The fraction of sp³-hybridized carbons (Fsp3) is 0.250. The summed E-state index contributed by atoms with van der Waals surface area (Å²) in [5.41, 5.74) is 6.18. The quantitative estimate of drug-likeness (QED) is 0.599. The van der Waals surface area contributed by atoms with E-state index in [1.165, 1.54) is 11.3 Å². The molecule has 7 heteroatoms. The molecule has 0 aromatic carbocycles. The van der Waals surface area contributed by atoms with Crippen LogP contribution in [0.25, 0.3) is 0 Å². The van der Waals surface area contributed by atoms with Gasteiger partial charge in [-0.3, -0.25) is 5.21 Å². The minimum absolute atomic E-state index is 0.132. The first-order chi connectivity index (χ1) is 7.13. The molecule has 0 fully saturated rings. The van der Waals surface area contributed by atoms with Crippen LogP contribution in [0, 0.1) is 0 Å². The normalized spacial score (nSPS) is 9.67. The van der Waals surface area contributed by atoms with Crippen molar-refractivity contribution in [2.24, 2.45) is 0 Å². The van der Waals surface area contributed by atoms with E-state index in [-0.39, 0.29) is 11.7 Å². The summed E-state index contributed by atoms with van der Waals surface area (Å²) in [5.74, 6) is 0. The maximum absolute atomic E-state index is 10.9. The third-order valence-corrected chi connectivity index (χ3v) is 2.24. The van der Waals surface area contributed by atoms with Gasteiger partial charge in [0.1, 0.15) is 0 Å². The number of ether oxygens (including phenoxy) is 1. The topological polar surface area (TPSA) is 88.7 Å². The molecule has 0 aliphatic rings. The number of amides is 1. The highest BCUT2D eigenvalue weighted by Crippen LogP contribution is 2.11. The van der Waals surface area contributed by atoms with Gasteiger partial charge in [-0.1, -0.05) is 6.58 Å². The Hall–Kier alpha value is -1.60. The van der Waals surface area contributed by atoms with Gasteiger partial charge in [-0.2, -0.15) is 5.06 Å². The highest BCUT2D eigenvalue weighted by molar-refractivity contribution is 7.13. The summed E-state index contributed by atoms with van der Waals surface area (Å²) < 4.78 is 4.70. The minimum atomic E-state index is -0.867. The number of carbonyl (C=O) groups excluding carboxylic acids is 1. The zero-order valence-corrected chi connectivity index (χ0v) is 8.74. The second-order valence-corrected chi connectivity index (χ2v) is 3.46. The number of carbonyl (C=O) groups is 1. The molecule has 1 heterocycles. The van der Waals surface area contributed by atoms with Gasteiger partial charge in [0.05, 0.1) is 12.3 Å². The van der Waals surface area contributed by atoms with E-state index >= 15 is 0 Å². The smallest absolute Gasteiger partial charge is 0.438 e. The number of anilines is 1. The third-order valence-electron chi connectivity index (χ3n) is 1.51. The number of hydroxylamine groups is 2. The Morgan fingerprint density at radius 3 is 3.13 bits per heavy atom. The zero-order chi connectivity index (χ0) is 11.3. The predicted molar refractivity (Wildman–Crippen MR) is 55.4 cm³/mol. The van der Waals surface area contributed by atoms with Crippen molar-refractivity contribution in [1.29, 1.82) is 0 Å². The van der Waals surface area contributed by atoms with Crippen molar-refractivity contribution in [3.8, 4) is 0 Å². The van der Waals surface area contributed by atoms with Crippen molar-refractivity contribution < 1.29 is 14.7 Å². The molecule has 0 saturated carbocycles. The lowest BCUT2D eigenvalue weighted by molar-refractivity contribution is -0.0339. The largest absolute Gasteiger partial charge is 0.447 e. The molecular formula is C8H11N3O3S. The number of nitrogens with zero attached hydrogens (tertiary/aromatic N) is 2. The SMILES string of the molecule is C=CN(O)C(=O)OCCc1csc(N)n1. The van der Waals surface area contributed by atoms with Crippen molar-refractivity contribution in [3.05, 3.63) is 23.9 Å². The Labute approximate surface area is 90.5 Å². The third kappa shape index (κ3) is 3.56. The van der Waals surface area contributed by atoms with Crippen LogP contribution >= 0.6 is 11.3 Å². The molecule has 0 aliphatic carbocycles. The Morgan fingerprint density at radius 2 is 2.60 bits per heavy atom. The monoisotopic (exact) mass is 229 g/mol. The first-order valence-electron chi connectivity index (χ1n) is 4.10. The van der Waals surface area contributed by atoms with Crippen LogP contribution in [0.2, 0.25) is 0 Å². The van der Waals surface area contributed by atoms with Crippen LogP contribution in [0.1, 0.15) is 5.69 Å². The Bertz CT molecular complexity index is 353. The Balaban J connectivity index is 2.27. The van der Waals surface area contributed by atoms with Crippen LogP contribution in [-0.4, -0.2) is 28.0 Å².